The number of carbonyl (C=O) groups is 3. The molecule has 1 aliphatic heterocycles. The van der Waals surface area contributed by atoms with E-state index in [0.717, 1.165) is 11.1 Å². The molecule has 33 heavy (non-hydrogen) atoms. The van der Waals surface area contributed by atoms with Crippen LogP contribution in [0.4, 0.5) is 5.69 Å². The van der Waals surface area contributed by atoms with Gasteiger partial charge in [-0.25, -0.2) is 0 Å². The van der Waals surface area contributed by atoms with Gasteiger partial charge < -0.3 is 19.5 Å². The molecule has 0 atom stereocenters. The lowest BCUT2D eigenvalue weighted by atomic mass is 10.1. The quantitative estimate of drug-likeness (QED) is 0.603. The molecule has 0 saturated carbocycles. The van der Waals surface area contributed by atoms with Crippen LogP contribution in [0.3, 0.4) is 0 Å². The van der Waals surface area contributed by atoms with Gasteiger partial charge in [-0.1, -0.05) is 18.2 Å². The zero-order valence-electron chi connectivity index (χ0n) is 18.6. The summed E-state index contributed by atoms with van der Waals surface area (Å²) in [5.74, 6) is 0.201. The summed E-state index contributed by atoms with van der Waals surface area (Å²) in [6.45, 7) is 5.31. The van der Waals surface area contributed by atoms with Crippen LogP contribution in [-0.4, -0.2) is 63.9 Å². The molecule has 1 fully saturated rings. The lowest BCUT2D eigenvalue weighted by Crippen LogP contribution is -2.51. The average molecular weight is 447 g/mol. The Morgan fingerprint density at radius 3 is 2.21 bits per heavy atom. The van der Waals surface area contributed by atoms with Gasteiger partial charge in [0.2, 0.25) is 23.6 Å². The van der Waals surface area contributed by atoms with E-state index in [9.17, 15) is 14.4 Å². The monoisotopic (exact) mass is 447 g/mol. The highest BCUT2D eigenvalue weighted by molar-refractivity contribution is 6.03. The lowest BCUT2D eigenvalue weighted by Gasteiger charge is -2.35. The first kappa shape index (κ1) is 22.2. The molecule has 170 valence electrons. The maximum absolute atomic E-state index is 12.7. The first-order valence-corrected chi connectivity index (χ1v) is 10.7. The molecule has 3 amide bonds. The summed E-state index contributed by atoms with van der Waals surface area (Å²) in [7, 11) is 0. The number of aromatic nitrogens is 2. The van der Waals surface area contributed by atoms with E-state index in [2.05, 4.69) is 15.5 Å². The van der Waals surface area contributed by atoms with E-state index in [1.54, 1.807) is 41.0 Å². The second kappa shape index (κ2) is 9.64. The van der Waals surface area contributed by atoms with Gasteiger partial charge in [-0.05, 0) is 42.8 Å². The first-order chi connectivity index (χ1) is 15.9. The first-order valence-electron chi connectivity index (χ1n) is 10.7. The zero-order valence-corrected chi connectivity index (χ0v) is 18.6. The van der Waals surface area contributed by atoms with E-state index in [0.29, 0.717) is 49.2 Å². The van der Waals surface area contributed by atoms with Gasteiger partial charge in [0.15, 0.2) is 0 Å². The average Bonchev–Trinajstić information content (AvgIpc) is 3.25. The third-order valence-electron chi connectivity index (χ3n) is 5.55. The van der Waals surface area contributed by atoms with Gasteiger partial charge in [0.1, 0.15) is 6.42 Å². The minimum atomic E-state index is -0.389. The normalized spacial score (nSPS) is 13.6. The van der Waals surface area contributed by atoms with Gasteiger partial charge in [0.05, 0.1) is 0 Å². The zero-order chi connectivity index (χ0) is 23.4. The molecule has 1 saturated heterocycles. The summed E-state index contributed by atoms with van der Waals surface area (Å²) in [5.41, 5.74) is 2.92. The lowest BCUT2D eigenvalue weighted by molar-refractivity contribution is -0.135. The number of anilines is 1. The van der Waals surface area contributed by atoms with Crippen molar-refractivity contribution >= 4 is 23.4 Å². The Labute approximate surface area is 191 Å². The Morgan fingerprint density at radius 1 is 0.909 bits per heavy atom. The molecule has 2 heterocycles. The maximum atomic E-state index is 12.7. The van der Waals surface area contributed by atoms with Crippen molar-refractivity contribution in [1.82, 2.24) is 20.0 Å². The van der Waals surface area contributed by atoms with Crippen molar-refractivity contribution in [2.75, 3.05) is 31.5 Å². The van der Waals surface area contributed by atoms with Gasteiger partial charge in [-0.3, -0.25) is 14.4 Å². The van der Waals surface area contributed by atoms with Crippen molar-refractivity contribution in [2.45, 2.75) is 20.3 Å². The van der Waals surface area contributed by atoms with Crippen molar-refractivity contribution in [2.24, 2.45) is 0 Å². The molecule has 1 aromatic heterocycles. The third-order valence-corrected chi connectivity index (χ3v) is 5.55. The molecular weight excluding hydrogens is 422 g/mol. The highest BCUT2D eigenvalue weighted by atomic mass is 16.4. The van der Waals surface area contributed by atoms with Crippen LogP contribution in [0.15, 0.2) is 52.9 Å². The number of hydrogen-bond acceptors (Lipinski definition) is 6. The Bertz CT molecular complexity index is 1160. The van der Waals surface area contributed by atoms with Crippen LogP contribution in [0.5, 0.6) is 0 Å². The molecule has 0 spiro atoms. The molecule has 0 bridgehead atoms. The number of benzene rings is 2. The Kier molecular flexibility index (Phi) is 6.48. The van der Waals surface area contributed by atoms with Crippen LogP contribution in [0.2, 0.25) is 0 Å². The second-order valence-corrected chi connectivity index (χ2v) is 7.92. The number of carbonyl (C=O) groups excluding carboxylic acids is 3. The molecule has 0 aliphatic carbocycles. The van der Waals surface area contributed by atoms with Crippen molar-refractivity contribution in [1.29, 1.82) is 0 Å². The molecule has 3 aromatic rings. The fourth-order valence-corrected chi connectivity index (χ4v) is 3.71. The summed E-state index contributed by atoms with van der Waals surface area (Å²) in [4.78, 5) is 41.0. The van der Waals surface area contributed by atoms with Gasteiger partial charge in [0, 0.05) is 49.9 Å². The number of nitrogens with zero attached hydrogens (tertiary/aromatic N) is 4. The molecule has 9 nitrogen and oxygen atoms in total. The second-order valence-electron chi connectivity index (χ2n) is 7.92. The van der Waals surface area contributed by atoms with E-state index in [4.69, 9.17) is 4.42 Å². The molecule has 0 unspecified atom stereocenters. The summed E-state index contributed by atoms with van der Waals surface area (Å²) in [6.07, 6.45) is -0.254. The standard InChI is InChI=1S/C24H25N5O4/c1-16-5-3-4-6-20(16)24(32)29-13-11-28(12-14-29)22(31)15-21(30)25-19-9-7-18(8-10-19)23-27-26-17(2)33-23/h3-10H,11-15H2,1-2H3,(H,25,30). The van der Waals surface area contributed by atoms with Crippen LogP contribution in [0.1, 0.15) is 28.2 Å². The highest BCUT2D eigenvalue weighted by Crippen LogP contribution is 2.20. The van der Waals surface area contributed by atoms with Gasteiger partial charge >= 0.3 is 0 Å². The van der Waals surface area contributed by atoms with Crippen LogP contribution >= 0.6 is 0 Å². The van der Waals surface area contributed by atoms with E-state index >= 15 is 0 Å². The van der Waals surface area contributed by atoms with E-state index in [1.165, 1.54) is 0 Å². The molecule has 2 aromatic carbocycles. The summed E-state index contributed by atoms with van der Waals surface area (Å²) in [5, 5.41) is 10.5. The van der Waals surface area contributed by atoms with E-state index < -0.39 is 0 Å². The Hall–Kier alpha value is -4.01. The summed E-state index contributed by atoms with van der Waals surface area (Å²) in [6, 6.07) is 14.4. The topological polar surface area (TPSA) is 109 Å². The summed E-state index contributed by atoms with van der Waals surface area (Å²) < 4.78 is 5.38. The smallest absolute Gasteiger partial charge is 0.254 e. The largest absolute Gasteiger partial charge is 0.421 e. The number of piperazine rings is 1. The van der Waals surface area contributed by atoms with Crippen molar-refractivity contribution in [3.63, 3.8) is 0 Å². The number of hydrogen-bond donors (Lipinski definition) is 1. The van der Waals surface area contributed by atoms with Gasteiger partial charge in [0.25, 0.3) is 5.91 Å². The van der Waals surface area contributed by atoms with Crippen LogP contribution in [0, 0.1) is 13.8 Å². The molecular formula is C24H25N5O4. The minimum Gasteiger partial charge on any atom is -0.421 e. The maximum Gasteiger partial charge on any atom is 0.254 e. The van der Waals surface area contributed by atoms with E-state index in [1.807, 2.05) is 31.2 Å². The van der Waals surface area contributed by atoms with Gasteiger partial charge in [-0.15, -0.1) is 10.2 Å². The van der Waals surface area contributed by atoms with Crippen LogP contribution in [-0.2, 0) is 9.59 Å². The highest BCUT2D eigenvalue weighted by Gasteiger charge is 2.26. The predicted octanol–water partition coefficient (Wildman–Crippen LogP) is 2.67. The molecule has 0 radical (unpaired) electrons. The van der Waals surface area contributed by atoms with Crippen molar-refractivity contribution < 1.29 is 18.8 Å². The summed E-state index contributed by atoms with van der Waals surface area (Å²) >= 11 is 0. The van der Waals surface area contributed by atoms with E-state index in [-0.39, 0.29) is 24.1 Å². The predicted molar refractivity (Wildman–Crippen MR) is 121 cm³/mol. The number of rotatable bonds is 5. The Morgan fingerprint density at radius 2 is 1.58 bits per heavy atom. The molecule has 4 rings (SSSR count). The SMILES string of the molecule is Cc1nnc(-c2ccc(NC(=O)CC(=O)N3CCN(C(=O)c4ccccc4C)CC3)cc2)o1. The minimum absolute atomic E-state index is 0.0305. The molecule has 9 heteroatoms. The fraction of sp³-hybridized carbons (Fsp3) is 0.292. The third kappa shape index (κ3) is 5.25. The molecule has 1 N–H and O–H groups in total. The number of amides is 3. The fourth-order valence-electron chi connectivity index (χ4n) is 3.71. The number of nitrogens with one attached hydrogen (secondary N) is 1. The van der Waals surface area contributed by atoms with Crippen molar-refractivity contribution in [3.8, 4) is 11.5 Å². The molecule has 1 aliphatic rings. The van der Waals surface area contributed by atoms with Crippen LogP contribution < -0.4 is 5.32 Å². The van der Waals surface area contributed by atoms with Gasteiger partial charge in [-0.2, -0.15) is 0 Å². The van der Waals surface area contributed by atoms with Crippen LogP contribution in [0.25, 0.3) is 11.5 Å². The Balaban J connectivity index is 1.26. The van der Waals surface area contributed by atoms with Crippen molar-refractivity contribution in [3.05, 3.63) is 65.5 Å². The number of aryl methyl sites for hydroxylation is 2.